The molecule has 1 aromatic heterocycles. The van der Waals surface area contributed by atoms with Gasteiger partial charge in [-0.2, -0.15) is 15.3 Å². The van der Waals surface area contributed by atoms with E-state index in [1.54, 1.807) is 0 Å². The van der Waals surface area contributed by atoms with Gasteiger partial charge in [-0.1, -0.05) is 13.0 Å². The number of hydrogen-bond donors (Lipinski definition) is 1. The van der Waals surface area contributed by atoms with Crippen LogP contribution in [0, 0.1) is 24.2 Å². The zero-order valence-electron chi connectivity index (χ0n) is 17.6. The second-order valence-corrected chi connectivity index (χ2v) is 9.43. The van der Waals surface area contributed by atoms with Gasteiger partial charge >= 0.3 is 0 Å². The van der Waals surface area contributed by atoms with Crippen molar-refractivity contribution < 1.29 is 5.11 Å². The number of phenolic OH excluding ortho intramolecular Hbond substituents is 1. The number of benzene rings is 1. The highest BCUT2D eigenvalue weighted by molar-refractivity contribution is 5.93. The molecule has 0 spiro atoms. The fourth-order valence-corrected chi connectivity index (χ4v) is 6.43. The molecule has 29 heavy (non-hydrogen) atoms. The van der Waals surface area contributed by atoms with Crippen molar-refractivity contribution in [3.8, 4) is 5.75 Å². The van der Waals surface area contributed by atoms with E-state index in [0.29, 0.717) is 17.6 Å². The molecule has 3 aliphatic rings. The maximum absolute atomic E-state index is 9.86. The van der Waals surface area contributed by atoms with E-state index in [1.165, 1.54) is 42.5 Å². The lowest BCUT2D eigenvalue weighted by atomic mass is 9.55. The van der Waals surface area contributed by atoms with Crippen LogP contribution in [0.2, 0.25) is 0 Å². The normalized spacial score (nSPS) is 32.4. The molecule has 2 fully saturated rings. The Morgan fingerprint density at radius 3 is 2.90 bits per heavy atom. The van der Waals surface area contributed by atoms with Gasteiger partial charge in [0, 0.05) is 29.9 Å². The topological polar surface area (TPSA) is 62.8 Å². The number of aryl methyl sites for hydroxylation is 3. The van der Waals surface area contributed by atoms with Gasteiger partial charge in [0.2, 0.25) is 0 Å². The molecule has 0 amide bonds. The van der Waals surface area contributed by atoms with Gasteiger partial charge < -0.3 is 5.11 Å². The lowest BCUT2D eigenvalue weighted by Gasteiger charge is -2.49. The van der Waals surface area contributed by atoms with E-state index in [4.69, 9.17) is 5.10 Å². The maximum Gasteiger partial charge on any atom is 0.115 e. The smallest absolute Gasteiger partial charge is 0.115 e. The highest BCUT2D eigenvalue weighted by Crippen LogP contribution is 2.60. The van der Waals surface area contributed by atoms with Gasteiger partial charge in [0.15, 0.2) is 0 Å². The highest BCUT2D eigenvalue weighted by Gasteiger charge is 2.53. The molecule has 5 nitrogen and oxygen atoms in total. The number of aromatic nitrogens is 2. The Morgan fingerprint density at radius 2 is 2.10 bits per heavy atom. The molecule has 0 bridgehead atoms. The van der Waals surface area contributed by atoms with E-state index < -0.39 is 0 Å². The maximum atomic E-state index is 9.86. The molecule has 5 heteroatoms. The van der Waals surface area contributed by atoms with Gasteiger partial charge in [0.25, 0.3) is 0 Å². The zero-order valence-corrected chi connectivity index (χ0v) is 17.6. The summed E-state index contributed by atoms with van der Waals surface area (Å²) in [7, 11) is 1.93. The molecule has 0 aliphatic heterocycles. The van der Waals surface area contributed by atoms with Crippen LogP contribution in [-0.4, -0.2) is 26.8 Å². The van der Waals surface area contributed by atoms with Crippen LogP contribution in [0.1, 0.15) is 67.3 Å². The minimum Gasteiger partial charge on any atom is -0.508 e. The van der Waals surface area contributed by atoms with Gasteiger partial charge in [-0.25, -0.2) is 0 Å². The van der Waals surface area contributed by atoms with Crippen molar-refractivity contribution in [3.63, 3.8) is 0 Å². The van der Waals surface area contributed by atoms with Crippen LogP contribution < -0.4 is 0 Å². The number of hydrogen-bond acceptors (Lipinski definition) is 4. The quantitative estimate of drug-likeness (QED) is 0.593. The standard InChI is InChI=1S/C24H30N4O/c1-15-17(14-28(3)27-15)13-25-26-23-9-8-22-21-6-4-16-12-18(29)5-7-19(16)20(21)10-11-24(22,23)2/h5,7,12-14,20-22,29H,4,6,8-11H2,1-3H3/t20-,21-,22-,24-/m1/s1. The SMILES string of the molecule is Cc1nn(C)cc1C=NN=C1CC[C@@H]2[C@@H]3CCc4cc(O)ccc4[C@H]3CC[C@@]12C. The lowest BCUT2D eigenvalue weighted by Crippen LogP contribution is -2.42. The molecule has 2 aromatic rings. The van der Waals surface area contributed by atoms with Gasteiger partial charge in [0.1, 0.15) is 5.75 Å². The third-order valence-electron chi connectivity index (χ3n) is 7.88. The summed E-state index contributed by atoms with van der Waals surface area (Å²) in [4.78, 5) is 0. The fourth-order valence-electron chi connectivity index (χ4n) is 6.43. The van der Waals surface area contributed by atoms with Crippen molar-refractivity contribution in [1.29, 1.82) is 0 Å². The summed E-state index contributed by atoms with van der Waals surface area (Å²) in [6, 6.07) is 6.02. The van der Waals surface area contributed by atoms with Gasteiger partial charge in [-0.15, -0.1) is 0 Å². The van der Waals surface area contributed by atoms with E-state index in [-0.39, 0.29) is 5.41 Å². The third kappa shape index (κ3) is 3.02. The van der Waals surface area contributed by atoms with E-state index >= 15 is 0 Å². The van der Waals surface area contributed by atoms with Crippen LogP contribution in [0.15, 0.2) is 34.6 Å². The van der Waals surface area contributed by atoms with E-state index in [0.717, 1.165) is 30.0 Å². The molecule has 2 saturated carbocycles. The molecular formula is C24H30N4O. The minimum absolute atomic E-state index is 0.177. The second kappa shape index (κ2) is 6.82. The zero-order chi connectivity index (χ0) is 20.2. The highest BCUT2D eigenvalue weighted by atomic mass is 16.3. The molecule has 0 unspecified atom stereocenters. The van der Waals surface area contributed by atoms with E-state index in [9.17, 15) is 5.11 Å². The van der Waals surface area contributed by atoms with Gasteiger partial charge in [-0.05, 0) is 86.5 Å². The van der Waals surface area contributed by atoms with Gasteiger partial charge in [-0.3, -0.25) is 4.68 Å². The Kier molecular flexibility index (Phi) is 4.37. The van der Waals surface area contributed by atoms with Crippen molar-refractivity contribution in [2.24, 2.45) is 34.5 Å². The lowest BCUT2D eigenvalue weighted by molar-refractivity contribution is 0.0955. The molecule has 152 valence electrons. The van der Waals surface area contributed by atoms with Crippen molar-refractivity contribution in [3.05, 3.63) is 46.8 Å². The van der Waals surface area contributed by atoms with Crippen molar-refractivity contribution >= 4 is 11.9 Å². The summed E-state index contributed by atoms with van der Waals surface area (Å²) < 4.78 is 1.82. The molecular weight excluding hydrogens is 360 g/mol. The molecule has 0 radical (unpaired) electrons. The molecule has 1 aromatic carbocycles. The predicted molar refractivity (Wildman–Crippen MR) is 116 cm³/mol. The van der Waals surface area contributed by atoms with E-state index in [1.807, 2.05) is 43.2 Å². The molecule has 1 heterocycles. The van der Waals surface area contributed by atoms with Crippen LogP contribution in [0.5, 0.6) is 5.75 Å². The molecule has 3 aliphatic carbocycles. The second-order valence-electron chi connectivity index (χ2n) is 9.43. The summed E-state index contributed by atoms with van der Waals surface area (Å²) in [6.45, 7) is 4.43. The monoisotopic (exact) mass is 390 g/mol. The van der Waals surface area contributed by atoms with Crippen molar-refractivity contribution in [1.82, 2.24) is 9.78 Å². The first-order valence-corrected chi connectivity index (χ1v) is 10.9. The third-order valence-corrected chi connectivity index (χ3v) is 7.88. The number of aromatic hydroxyl groups is 1. The number of phenols is 1. The molecule has 0 saturated heterocycles. The summed E-state index contributed by atoms with van der Waals surface area (Å²) in [5.41, 5.74) is 6.33. The Morgan fingerprint density at radius 1 is 1.24 bits per heavy atom. The predicted octanol–water partition coefficient (Wildman–Crippen LogP) is 4.77. The Hall–Kier alpha value is -2.43. The summed E-state index contributed by atoms with van der Waals surface area (Å²) >= 11 is 0. The van der Waals surface area contributed by atoms with Crippen molar-refractivity contribution in [2.45, 2.75) is 58.3 Å². The van der Waals surface area contributed by atoms with Crippen LogP contribution in [0.3, 0.4) is 0 Å². The van der Waals surface area contributed by atoms with E-state index in [2.05, 4.69) is 23.2 Å². The molecule has 1 N–H and O–H groups in total. The average molecular weight is 391 g/mol. The van der Waals surface area contributed by atoms with Gasteiger partial charge in [0.05, 0.1) is 11.9 Å². The first-order valence-electron chi connectivity index (χ1n) is 10.9. The summed E-state index contributed by atoms with van der Waals surface area (Å²) in [6.07, 6.45) is 10.8. The van der Waals surface area contributed by atoms with Crippen LogP contribution in [0.4, 0.5) is 0 Å². The number of fused-ring (bicyclic) bond motifs is 5. The first-order chi connectivity index (χ1) is 14.0. The Bertz CT molecular complexity index is 1000. The van der Waals surface area contributed by atoms with Crippen molar-refractivity contribution in [2.75, 3.05) is 0 Å². The number of rotatable bonds is 2. The first kappa shape index (κ1) is 18.6. The average Bonchev–Trinajstić information content (AvgIpc) is 3.19. The van der Waals surface area contributed by atoms with Crippen LogP contribution in [-0.2, 0) is 13.5 Å². The minimum atomic E-state index is 0.177. The molecule has 5 rings (SSSR count). The number of nitrogens with zero attached hydrogens (tertiary/aromatic N) is 4. The fraction of sp³-hybridized carbons (Fsp3) is 0.542. The molecule has 4 atom stereocenters. The largest absolute Gasteiger partial charge is 0.508 e. The summed E-state index contributed by atoms with van der Waals surface area (Å²) in [5, 5.41) is 23.4. The summed E-state index contributed by atoms with van der Waals surface area (Å²) in [5.74, 6) is 2.46. The van der Waals surface area contributed by atoms with Crippen LogP contribution in [0.25, 0.3) is 0 Å². The Balaban J connectivity index is 1.39. The Labute approximate surface area is 172 Å². The van der Waals surface area contributed by atoms with Crippen LogP contribution >= 0.6 is 0 Å².